The maximum atomic E-state index is 13.7. The summed E-state index contributed by atoms with van der Waals surface area (Å²) in [6.07, 6.45) is 0. The smallest absolute Gasteiger partial charge is 0.157 e. The summed E-state index contributed by atoms with van der Waals surface area (Å²) in [5.41, 5.74) is 2.35. The average Bonchev–Trinajstić information content (AvgIpc) is 2.35. The normalized spacial score (nSPS) is 9.89. The molecular weight excluding hydrogens is 280 g/mol. The number of hydrogen-bond acceptors (Lipinski definition) is 1. The molecule has 97 valence electrons. The van der Waals surface area contributed by atoms with Crippen molar-refractivity contribution in [1.82, 2.24) is 0 Å². The van der Waals surface area contributed by atoms with Crippen LogP contribution in [0.2, 0.25) is 0 Å². The molecule has 2 aromatic rings. The number of hydrogen-bond donors (Lipinski definition) is 0. The van der Waals surface area contributed by atoms with Crippen LogP contribution in [0.4, 0.5) is 20.2 Å². The van der Waals surface area contributed by atoms with Crippen molar-refractivity contribution in [3.8, 4) is 0 Å². The van der Waals surface area contributed by atoms with Crippen LogP contribution in [0.3, 0.4) is 0 Å². The molecule has 19 heavy (non-hydrogen) atoms. The maximum absolute atomic E-state index is 13.7. The van der Waals surface area contributed by atoms with Crippen molar-refractivity contribution in [2.75, 3.05) is 11.4 Å². The second-order valence-corrected chi connectivity index (χ2v) is 4.09. The number of anilines is 2. The molecule has 1 nitrogen and oxygen atoms in total. The first-order valence-corrected chi connectivity index (χ1v) is 5.83. The molecule has 0 saturated heterocycles. The third-order valence-corrected chi connectivity index (χ3v) is 2.79. The predicted octanol–water partition coefficient (Wildman–Crippen LogP) is 4.23. The summed E-state index contributed by atoms with van der Waals surface area (Å²) in [4.78, 5) is 1.78. The molecule has 0 amide bonds. The minimum absolute atomic E-state index is 0. The number of nitrogens with zero attached hydrogens (tertiary/aromatic N) is 1. The molecule has 0 aromatic heterocycles. The van der Waals surface area contributed by atoms with Crippen LogP contribution in [0.15, 0.2) is 36.4 Å². The summed E-state index contributed by atoms with van der Waals surface area (Å²) in [5, 5.41) is 0. The summed E-state index contributed by atoms with van der Waals surface area (Å²) in [6.45, 7) is 4.51. The van der Waals surface area contributed by atoms with Gasteiger partial charge in [-0.2, -0.15) is 0 Å². The van der Waals surface area contributed by atoms with Crippen molar-refractivity contribution >= 4 is 11.4 Å². The van der Waals surface area contributed by atoms with E-state index in [1.165, 1.54) is 12.1 Å². The van der Waals surface area contributed by atoms with E-state index in [0.717, 1.165) is 11.3 Å². The van der Waals surface area contributed by atoms with Crippen LogP contribution in [0, 0.1) is 24.6 Å². The van der Waals surface area contributed by atoms with E-state index in [2.05, 4.69) is 6.07 Å². The van der Waals surface area contributed by atoms with Crippen LogP contribution in [0.1, 0.15) is 12.5 Å². The molecule has 0 atom stereocenters. The first kappa shape index (κ1) is 15.9. The first-order valence-electron chi connectivity index (χ1n) is 5.83. The zero-order valence-corrected chi connectivity index (χ0v) is 12.4. The van der Waals surface area contributed by atoms with E-state index < -0.39 is 11.6 Å². The van der Waals surface area contributed by atoms with Gasteiger partial charge in [0.2, 0.25) is 0 Å². The van der Waals surface area contributed by atoms with Crippen molar-refractivity contribution < 1.29 is 30.5 Å². The van der Waals surface area contributed by atoms with Crippen molar-refractivity contribution in [3.05, 3.63) is 59.7 Å². The Bertz CT molecular complexity index is 540. The van der Waals surface area contributed by atoms with Crippen molar-refractivity contribution in [2.24, 2.45) is 0 Å². The van der Waals surface area contributed by atoms with Gasteiger partial charge in [0, 0.05) is 33.9 Å². The molecule has 0 spiro atoms. The van der Waals surface area contributed by atoms with Gasteiger partial charge >= 0.3 is 0 Å². The molecular formula is C15H14F2NTi. The fourth-order valence-corrected chi connectivity index (χ4v) is 1.86. The van der Waals surface area contributed by atoms with E-state index in [9.17, 15) is 8.78 Å². The third kappa shape index (κ3) is 3.65. The zero-order valence-electron chi connectivity index (χ0n) is 10.9. The number of aryl methyl sites for hydroxylation is 1. The average molecular weight is 294 g/mol. The van der Waals surface area contributed by atoms with Crippen LogP contribution in [0.25, 0.3) is 0 Å². The number of benzene rings is 2. The Labute approximate surface area is 127 Å². The standard InChI is InChI=1S/C15H14F2N.Ti/c1-3-18(13-7-4-11(2)5-8-13)15-9-6-12(16)10-14(15)17;/h4-9H,3H2,1-2H3;. The van der Waals surface area contributed by atoms with Gasteiger partial charge in [0.15, 0.2) is 5.82 Å². The Hall–Kier alpha value is -1.19. The van der Waals surface area contributed by atoms with Gasteiger partial charge in [0.1, 0.15) is 5.82 Å². The minimum Gasteiger partial charge on any atom is -0.339 e. The molecule has 1 radical (unpaired) electrons. The summed E-state index contributed by atoms with van der Waals surface area (Å²) in [5.74, 6) is -1.35. The van der Waals surface area contributed by atoms with Gasteiger partial charge in [-0.25, -0.2) is 8.78 Å². The van der Waals surface area contributed by atoms with E-state index in [0.29, 0.717) is 12.2 Å². The van der Waals surface area contributed by atoms with Crippen LogP contribution in [-0.4, -0.2) is 6.54 Å². The molecule has 4 heteroatoms. The third-order valence-electron chi connectivity index (χ3n) is 2.79. The van der Waals surface area contributed by atoms with E-state index >= 15 is 0 Å². The van der Waals surface area contributed by atoms with E-state index in [1.54, 1.807) is 4.90 Å². The summed E-state index contributed by atoms with van der Waals surface area (Å²) in [6, 6.07) is 12.5. The SMILES string of the molecule is CCN(c1ccc(C)cc1)c1ccc(F)[c]c1F.[Ti]. The Morgan fingerprint density at radius 1 is 1.05 bits per heavy atom. The largest absolute Gasteiger partial charge is 0.339 e. The quantitative estimate of drug-likeness (QED) is 0.766. The van der Waals surface area contributed by atoms with Gasteiger partial charge in [0.05, 0.1) is 11.8 Å². The first-order chi connectivity index (χ1) is 8.61. The zero-order chi connectivity index (χ0) is 13.1. The minimum atomic E-state index is -0.684. The number of rotatable bonds is 3. The Balaban J connectivity index is 0.00000180. The van der Waals surface area contributed by atoms with Gasteiger partial charge in [0.25, 0.3) is 0 Å². The molecule has 0 heterocycles. The fraction of sp³-hybridized carbons (Fsp3) is 0.200. The van der Waals surface area contributed by atoms with E-state index in [1.807, 2.05) is 38.1 Å². The van der Waals surface area contributed by atoms with Gasteiger partial charge in [-0.15, -0.1) is 0 Å². The molecule has 0 unspecified atom stereocenters. The van der Waals surface area contributed by atoms with Gasteiger partial charge in [-0.3, -0.25) is 0 Å². The maximum Gasteiger partial charge on any atom is 0.157 e. The van der Waals surface area contributed by atoms with Gasteiger partial charge < -0.3 is 4.90 Å². The van der Waals surface area contributed by atoms with Crippen molar-refractivity contribution in [1.29, 1.82) is 0 Å². The molecule has 0 saturated carbocycles. The van der Waals surface area contributed by atoms with E-state index in [-0.39, 0.29) is 21.7 Å². The fourth-order valence-electron chi connectivity index (χ4n) is 1.86. The molecule has 0 N–H and O–H groups in total. The topological polar surface area (TPSA) is 3.24 Å². The number of halogens is 2. The molecule has 0 aliphatic heterocycles. The summed E-state index contributed by atoms with van der Waals surface area (Å²) < 4.78 is 26.6. The Kier molecular flexibility index (Phi) is 5.70. The summed E-state index contributed by atoms with van der Waals surface area (Å²) in [7, 11) is 0. The molecule has 2 rings (SSSR count). The summed E-state index contributed by atoms with van der Waals surface area (Å²) >= 11 is 0. The Morgan fingerprint density at radius 2 is 1.68 bits per heavy atom. The monoisotopic (exact) mass is 294 g/mol. The molecule has 0 fully saturated rings. The van der Waals surface area contributed by atoms with Crippen molar-refractivity contribution in [3.63, 3.8) is 0 Å². The van der Waals surface area contributed by atoms with Crippen LogP contribution in [0.5, 0.6) is 0 Å². The predicted molar refractivity (Wildman–Crippen MR) is 69.1 cm³/mol. The van der Waals surface area contributed by atoms with Gasteiger partial charge in [-0.1, -0.05) is 17.7 Å². The van der Waals surface area contributed by atoms with Crippen molar-refractivity contribution in [2.45, 2.75) is 13.8 Å². The molecule has 0 aliphatic rings. The van der Waals surface area contributed by atoms with Gasteiger partial charge in [-0.05, 0) is 38.1 Å². The van der Waals surface area contributed by atoms with Crippen LogP contribution in [-0.2, 0) is 21.7 Å². The van der Waals surface area contributed by atoms with Crippen LogP contribution < -0.4 is 4.90 Å². The molecule has 0 bridgehead atoms. The molecule has 0 aliphatic carbocycles. The second kappa shape index (κ2) is 6.83. The Morgan fingerprint density at radius 3 is 2.21 bits per heavy atom. The molecule has 2 aromatic carbocycles. The second-order valence-electron chi connectivity index (χ2n) is 4.09. The van der Waals surface area contributed by atoms with E-state index in [4.69, 9.17) is 0 Å². The van der Waals surface area contributed by atoms with Crippen LogP contribution >= 0.6 is 0 Å².